The lowest BCUT2D eigenvalue weighted by molar-refractivity contribution is 0.115. The van der Waals surface area contributed by atoms with Gasteiger partial charge in [-0.25, -0.2) is 4.79 Å². The lowest BCUT2D eigenvalue weighted by atomic mass is 9.77. The molecule has 1 aromatic rings. The van der Waals surface area contributed by atoms with Gasteiger partial charge in [-0.05, 0) is 74.5 Å². The molecule has 1 saturated carbocycles. The van der Waals surface area contributed by atoms with Crippen LogP contribution in [0.3, 0.4) is 0 Å². The number of benzene rings is 1. The minimum Gasteiger partial charge on any atom is -0.494 e. The average molecular weight is 417 g/mol. The Morgan fingerprint density at radius 1 is 0.900 bits per heavy atom. The molecule has 1 aliphatic heterocycles. The predicted octanol–water partition coefficient (Wildman–Crippen LogP) is 7.41. The molecule has 1 unspecified atom stereocenters. The van der Waals surface area contributed by atoms with Crippen LogP contribution in [0.2, 0.25) is 0 Å². The molecule has 2 fully saturated rings. The van der Waals surface area contributed by atoms with E-state index in [1.807, 2.05) is 0 Å². The number of rotatable bonds is 13. The second kappa shape index (κ2) is 12.9. The molecular formula is C26H40O4. The van der Waals surface area contributed by atoms with Crippen molar-refractivity contribution in [1.29, 1.82) is 0 Å². The van der Waals surface area contributed by atoms with Crippen molar-refractivity contribution in [2.24, 2.45) is 5.92 Å². The van der Waals surface area contributed by atoms with Gasteiger partial charge in [-0.1, -0.05) is 57.6 Å². The summed E-state index contributed by atoms with van der Waals surface area (Å²) in [7, 11) is 0. The van der Waals surface area contributed by atoms with Gasteiger partial charge in [0.1, 0.15) is 18.5 Å². The van der Waals surface area contributed by atoms with Crippen LogP contribution in [0.4, 0.5) is 4.79 Å². The highest BCUT2D eigenvalue weighted by Crippen LogP contribution is 2.38. The third-order valence-electron chi connectivity index (χ3n) is 6.75. The van der Waals surface area contributed by atoms with Gasteiger partial charge in [0.2, 0.25) is 0 Å². The molecule has 0 radical (unpaired) electrons. The van der Waals surface area contributed by atoms with Crippen LogP contribution in [0.25, 0.3) is 0 Å². The maximum Gasteiger partial charge on any atom is 0.508 e. The fourth-order valence-corrected chi connectivity index (χ4v) is 4.83. The highest BCUT2D eigenvalue weighted by Gasteiger charge is 2.24. The van der Waals surface area contributed by atoms with Gasteiger partial charge >= 0.3 is 6.16 Å². The Balaban J connectivity index is 1.24. The third-order valence-corrected chi connectivity index (χ3v) is 6.75. The first-order chi connectivity index (χ1) is 14.7. The normalized spacial score (nSPS) is 23.8. The molecule has 1 saturated heterocycles. The number of ether oxygens (including phenoxy) is 3. The monoisotopic (exact) mass is 416 g/mol. The summed E-state index contributed by atoms with van der Waals surface area (Å²) in [6, 6.07) is 8.86. The van der Waals surface area contributed by atoms with E-state index in [9.17, 15) is 4.79 Å². The number of carbonyl (C=O) groups is 1. The van der Waals surface area contributed by atoms with E-state index >= 15 is 0 Å². The van der Waals surface area contributed by atoms with Crippen LogP contribution in [0.15, 0.2) is 24.3 Å². The molecule has 4 nitrogen and oxygen atoms in total. The van der Waals surface area contributed by atoms with Gasteiger partial charge in [0.15, 0.2) is 0 Å². The van der Waals surface area contributed by atoms with Crippen molar-refractivity contribution in [3.05, 3.63) is 29.8 Å². The van der Waals surface area contributed by atoms with Crippen LogP contribution in [-0.2, 0) is 9.47 Å². The largest absolute Gasteiger partial charge is 0.508 e. The summed E-state index contributed by atoms with van der Waals surface area (Å²) >= 11 is 0. The lowest BCUT2D eigenvalue weighted by Gasteiger charge is -2.29. The van der Waals surface area contributed by atoms with Crippen molar-refractivity contribution in [3.63, 3.8) is 0 Å². The van der Waals surface area contributed by atoms with Gasteiger partial charge in [0, 0.05) is 0 Å². The quantitative estimate of drug-likeness (QED) is 0.248. The Morgan fingerprint density at radius 2 is 1.63 bits per heavy atom. The lowest BCUT2D eigenvalue weighted by Crippen LogP contribution is -2.13. The first kappa shape index (κ1) is 23.0. The molecule has 1 aliphatic carbocycles. The summed E-state index contributed by atoms with van der Waals surface area (Å²) in [6.07, 6.45) is 15.8. The number of hydrogen-bond acceptors (Lipinski definition) is 4. The van der Waals surface area contributed by atoms with E-state index in [0.29, 0.717) is 6.61 Å². The molecule has 30 heavy (non-hydrogen) atoms. The van der Waals surface area contributed by atoms with Crippen molar-refractivity contribution < 1.29 is 19.0 Å². The molecule has 3 rings (SSSR count). The maximum absolute atomic E-state index is 10.9. The zero-order valence-corrected chi connectivity index (χ0v) is 18.8. The second-order valence-corrected chi connectivity index (χ2v) is 9.13. The predicted molar refractivity (Wildman–Crippen MR) is 120 cm³/mol. The molecule has 0 spiro atoms. The van der Waals surface area contributed by atoms with Crippen molar-refractivity contribution in [2.45, 2.75) is 102 Å². The maximum atomic E-state index is 10.9. The molecular weight excluding hydrogens is 376 g/mol. The number of unbranched alkanes of at least 4 members (excludes halogenated alkanes) is 5. The molecule has 0 amide bonds. The average Bonchev–Trinajstić information content (AvgIpc) is 3.19. The second-order valence-electron chi connectivity index (χ2n) is 9.13. The van der Waals surface area contributed by atoms with E-state index in [-0.39, 0.29) is 6.10 Å². The summed E-state index contributed by atoms with van der Waals surface area (Å²) < 4.78 is 15.8. The van der Waals surface area contributed by atoms with E-state index in [0.717, 1.165) is 56.3 Å². The molecule has 0 N–H and O–H groups in total. The third kappa shape index (κ3) is 7.85. The first-order valence-corrected chi connectivity index (χ1v) is 12.3. The van der Waals surface area contributed by atoms with Gasteiger partial charge in [-0.3, -0.25) is 0 Å². The Bertz CT molecular complexity index is 604. The van der Waals surface area contributed by atoms with Gasteiger partial charge in [0.25, 0.3) is 0 Å². The first-order valence-electron chi connectivity index (χ1n) is 12.3. The van der Waals surface area contributed by atoms with E-state index in [2.05, 4.69) is 31.2 Å². The zero-order valence-electron chi connectivity index (χ0n) is 18.8. The van der Waals surface area contributed by atoms with Crippen LogP contribution in [-0.4, -0.2) is 25.5 Å². The SMILES string of the molecule is CCCCCC1CCC(c2ccc(OCCCCCCC3COC(=O)O3)cc2)CC1. The van der Waals surface area contributed by atoms with Gasteiger partial charge < -0.3 is 14.2 Å². The molecule has 2 aliphatic rings. The van der Waals surface area contributed by atoms with Gasteiger partial charge in [-0.2, -0.15) is 0 Å². The van der Waals surface area contributed by atoms with E-state index in [4.69, 9.17) is 14.2 Å². The number of hydrogen-bond donors (Lipinski definition) is 0. The highest BCUT2D eigenvalue weighted by molar-refractivity contribution is 5.61. The van der Waals surface area contributed by atoms with Crippen molar-refractivity contribution in [1.82, 2.24) is 0 Å². The number of cyclic esters (lactones) is 2. The topological polar surface area (TPSA) is 44.8 Å². The van der Waals surface area contributed by atoms with Crippen LogP contribution < -0.4 is 4.74 Å². The Kier molecular flexibility index (Phi) is 9.85. The van der Waals surface area contributed by atoms with Crippen LogP contribution >= 0.6 is 0 Å². The summed E-state index contributed by atoms with van der Waals surface area (Å²) in [5.41, 5.74) is 1.49. The summed E-state index contributed by atoms with van der Waals surface area (Å²) in [5.74, 6) is 2.70. The van der Waals surface area contributed by atoms with Gasteiger partial charge in [-0.15, -0.1) is 0 Å². The van der Waals surface area contributed by atoms with Crippen molar-refractivity contribution in [3.8, 4) is 5.75 Å². The minimum atomic E-state index is -0.519. The molecule has 4 heteroatoms. The Labute approximate surface area is 182 Å². The highest BCUT2D eigenvalue weighted by atomic mass is 16.8. The summed E-state index contributed by atoms with van der Waals surface area (Å²) in [4.78, 5) is 10.9. The molecule has 0 bridgehead atoms. The molecule has 0 aromatic heterocycles. The Morgan fingerprint density at radius 3 is 2.33 bits per heavy atom. The van der Waals surface area contributed by atoms with Crippen molar-refractivity contribution in [2.75, 3.05) is 13.2 Å². The van der Waals surface area contributed by atoms with Crippen LogP contribution in [0, 0.1) is 5.92 Å². The molecule has 1 aromatic carbocycles. The molecule has 1 atom stereocenters. The van der Waals surface area contributed by atoms with Crippen LogP contribution in [0.1, 0.15) is 102 Å². The fraction of sp³-hybridized carbons (Fsp3) is 0.731. The fourth-order valence-electron chi connectivity index (χ4n) is 4.83. The molecule has 1 heterocycles. The van der Waals surface area contributed by atoms with E-state index in [1.54, 1.807) is 0 Å². The van der Waals surface area contributed by atoms with Gasteiger partial charge in [0.05, 0.1) is 6.61 Å². The summed E-state index contributed by atoms with van der Waals surface area (Å²) in [6.45, 7) is 3.47. The van der Waals surface area contributed by atoms with E-state index in [1.165, 1.54) is 56.9 Å². The van der Waals surface area contributed by atoms with E-state index < -0.39 is 6.16 Å². The molecule has 168 valence electrons. The van der Waals surface area contributed by atoms with Crippen LogP contribution in [0.5, 0.6) is 5.75 Å². The smallest absolute Gasteiger partial charge is 0.494 e. The summed E-state index contributed by atoms with van der Waals surface area (Å²) in [5, 5.41) is 0. The van der Waals surface area contributed by atoms with Crippen molar-refractivity contribution >= 4 is 6.16 Å². The zero-order chi connectivity index (χ0) is 21.0. The standard InChI is InChI=1S/C26H40O4/c1-2-3-6-9-21-11-13-22(14-12-21)23-15-17-24(18-16-23)28-19-8-5-4-7-10-25-20-29-26(27)30-25/h15-18,21-22,25H,2-14,19-20H2,1H3. The Hall–Kier alpha value is -1.71. The number of carbonyl (C=O) groups excluding carboxylic acids is 1. The minimum absolute atomic E-state index is 0.0385.